The second-order valence-electron chi connectivity index (χ2n) is 3.25. The van der Waals surface area contributed by atoms with Crippen molar-refractivity contribution in [3.63, 3.8) is 0 Å². The number of aromatic nitrogens is 1. The number of nitrogens with one attached hydrogen (secondary N) is 1. The van der Waals surface area contributed by atoms with Gasteiger partial charge in [-0.2, -0.15) is 5.26 Å². The zero-order valence-electron chi connectivity index (χ0n) is 8.47. The quantitative estimate of drug-likeness (QED) is 0.760. The van der Waals surface area contributed by atoms with Crippen LogP contribution in [0.5, 0.6) is 0 Å². The Morgan fingerprint density at radius 1 is 1.44 bits per heavy atom. The molecule has 0 amide bonds. The number of nitrogens with two attached hydrogens (primary N) is 1. The average Bonchev–Trinajstić information content (AvgIpc) is 2.81. The first-order valence-electron chi connectivity index (χ1n) is 4.72. The summed E-state index contributed by atoms with van der Waals surface area (Å²) >= 11 is 0. The molecule has 5 nitrogen and oxygen atoms in total. The highest BCUT2D eigenvalue weighted by Crippen LogP contribution is 2.20. The van der Waals surface area contributed by atoms with Crippen molar-refractivity contribution in [2.75, 3.05) is 11.1 Å². The van der Waals surface area contributed by atoms with Crippen LogP contribution in [0.1, 0.15) is 11.3 Å². The van der Waals surface area contributed by atoms with Gasteiger partial charge in [-0.05, 0) is 18.2 Å². The number of benzene rings is 1. The molecule has 1 heterocycles. The molecule has 80 valence electrons. The molecule has 0 fully saturated rings. The van der Waals surface area contributed by atoms with Crippen LogP contribution in [0.2, 0.25) is 0 Å². The Labute approximate surface area is 92.5 Å². The molecule has 3 N–H and O–H groups in total. The Hall–Kier alpha value is -2.48. The zero-order valence-corrected chi connectivity index (χ0v) is 8.47. The van der Waals surface area contributed by atoms with Crippen LogP contribution in [0.25, 0.3) is 0 Å². The predicted molar refractivity (Wildman–Crippen MR) is 59.4 cm³/mol. The van der Waals surface area contributed by atoms with Gasteiger partial charge in [-0.15, -0.1) is 0 Å². The zero-order chi connectivity index (χ0) is 11.4. The highest BCUT2D eigenvalue weighted by Gasteiger charge is 2.02. The minimum Gasteiger partial charge on any atom is -0.397 e. The molecule has 0 unspecified atom stereocenters. The summed E-state index contributed by atoms with van der Waals surface area (Å²) in [7, 11) is 0. The van der Waals surface area contributed by atoms with E-state index in [4.69, 9.17) is 15.5 Å². The second kappa shape index (κ2) is 4.36. The molecule has 1 aromatic heterocycles. The fourth-order valence-electron chi connectivity index (χ4n) is 1.29. The number of nitriles is 1. The molecule has 0 aliphatic heterocycles. The molecule has 2 rings (SSSR count). The minimum atomic E-state index is 0.485. The summed E-state index contributed by atoms with van der Waals surface area (Å²) in [6.45, 7) is 0.485. The molecule has 16 heavy (non-hydrogen) atoms. The van der Waals surface area contributed by atoms with Crippen molar-refractivity contribution in [2.24, 2.45) is 0 Å². The van der Waals surface area contributed by atoms with Crippen molar-refractivity contribution in [2.45, 2.75) is 6.54 Å². The Morgan fingerprint density at radius 2 is 2.31 bits per heavy atom. The van der Waals surface area contributed by atoms with Crippen molar-refractivity contribution in [1.29, 1.82) is 5.26 Å². The van der Waals surface area contributed by atoms with E-state index in [0.717, 1.165) is 5.69 Å². The third kappa shape index (κ3) is 2.12. The smallest absolute Gasteiger partial charge is 0.155 e. The van der Waals surface area contributed by atoms with Gasteiger partial charge in [-0.25, -0.2) is 0 Å². The molecular formula is C11H10N4O. The lowest BCUT2D eigenvalue weighted by Crippen LogP contribution is -2.02. The monoisotopic (exact) mass is 214 g/mol. The van der Waals surface area contributed by atoms with E-state index in [1.807, 2.05) is 0 Å². The molecular weight excluding hydrogens is 204 g/mol. The fraction of sp³-hybridized carbons (Fsp3) is 0.0909. The topological polar surface area (TPSA) is 87.9 Å². The van der Waals surface area contributed by atoms with Crippen LogP contribution < -0.4 is 11.1 Å². The van der Waals surface area contributed by atoms with Crippen molar-refractivity contribution in [3.05, 3.63) is 41.8 Å². The lowest BCUT2D eigenvalue weighted by atomic mass is 10.2. The van der Waals surface area contributed by atoms with Gasteiger partial charge in [0.25, 0.3) is 0 Å². The maximum Gasteiger partial charge on any atom is 0.155 e. The minimum absolute atomic E-state index is 0.485. The molecule has 0 radical (unpaired) electrons. The lowest BCUT2D eigenvalue weighted by Gasteiger charge is -2.07. The molecule has 0 aliphatic carbocycles. The van der Waals surface area contributed by atoms with E-state index in [1.165, 1.54) is 0 Å². The maximum absolute atomic E-state index is 8.76. The lowest BCUT2D eigenvalue weighted by molar-refractivity contribution is 0.388. The molecule has 2 aromatic rings. The Bertz CT molecular complexity index is 513. The number of hydrogen-bond acceptors (Lipinski definition) is 5. The highest BCUT2D eigenvalue weighted by molar-refractivity contribution is 5.68. The van der Waals surface area contributed by atoms with Gasteiger partial charge in [0.15, 0.2) is 5.76 Å². The number of nitrogens with zero attached hydrogens (tertiary/aromatic N) is 2. The third-order valence-electron chi connectivity index (χ3n) is 2.13. The number of hydrogen-bond donors (Lipinski definition) is 2. The number of anilines is 2. The number of nitrogen functional groups attached to an aromatic ring is 1. The van der Waals surface area contributed by atoms with Crippen LogP contribution in [0, 0.1) is 11.3 Å². The summed E-state index contributed by atoms with van der Waals surface area (Å²) in [5, 5.41) is 15.4. The molecule has 0 atom stereocenters. The Morgan fingerprint density at radius 3 is 3.00 bits per heavy atom. The van der Waals surface area contributed by atoms with E-state index in [1.54, 1.807) is 30.5 Å². The highest BCUT2D eigenvalue weighted by atomic mass is 16.5. The number of rotatable bonds is 3. The summed E-state index contributed by atoms with van der Waals surface area (Å²) in [6.07, 6.45) is 1.58. The van der Waals surface area contributed by atoms with Gasteiger partial charge < -0.3 is 15.6 Å². The molecule has 0 saturated heterocycles. The van der Waals surface area contributed by atoms with Crippen molar-refractivity contribution >= 4 is 11.4 Å². The van der Waals surface area contributed by atoms with Crippen molar-refractivity contribution in [1.82, 2.24) is 5.16 Å². The van der Waals surface area contributed by atoms with Crippen LogP contribution >= 0.6 is 0 Å². The van der Waals surface area contributed by atoms with Gasteiger partial charge in [-0.1, -0.05) is 5.16 Å². The van der Waals surface area contributed by atoms with E-state index < -0.39 is 0 Å². The Kier molecular flexibility index (Phi) is 2.74. The molecule has 0 aliphatic rings. The second-order valence-corrected chi connectivity index (χ2v) is 3.25. The first-order valence-corrected chi connectivity index (χ1v) is 4.72. The molecule has 0 spiro atoms. The molecule has 1 aromatic carbocycles. The predicted octanol–water partition coefficient (Wildman–Crippen LogP) is 1.74. The first-order chi connectivity index (χ1) is 7.79. The van der Waals surface area contributed by atoms with Crippen LogP contribution in [0.4, 0.5) is 11.4 Å². The third-order valence-corrected chi connectivity index (χ3v) is 2.13. The molecule has 0 saturated carbocycles. The Balaban J connectivity index is 2.12. The van der Waals surface area contributed by atoms with Crippen molar-refractivity contribution < 1.29 is 4.52 Å². The van der Waals surface area contributed by atoms with Crippen LogP contribution in [0.3, 0.4) is 0 Å². The van der Waals surface area contributed by atoms with E-state index in [9.17, 15) is 0 Å². The normalized spacial score (nSPS) is 9.69. The van der Waals surface area contributed by atoms with E-state index in [2.05, 4.69) is 16.5 Å². The molecule has 0 bridgehead atoms. The summed E-state index contributed by atoms with van der Waals surface area (Å²) in [6, 6.07) is 8.89. The van der Waals surface area contributed by atoms with Crippen LogP contribution in [-0.2, 0) is 6.54 Å². The summed E-state index contributed by atoms with van der Waals surface area (Å²) < 4.78 is 4.93. The van der Waals surface area contributed by atoms with Gasteiger partial charge in [0.05, 0.1) is 35.7 Å². The summed E-state index contributed by atoms with van der Waals surface area (Å²) in [5.41, 5.74) is 7.64. The van der Waals surface area contributed by atoms with Crippen molar-refractivity contribution in [3.8, 4) is 6.07 Å². The fourth-order valence-corrected chi connectivity index (χ4v) is 1.29. The molecule has 5 heteroatoms. The van der Waals surface area contributed by atoms with E-state index >= 15 is 0 Å². The van der Waals surface area contributed by atoms with Gasteiger partial charge in [0.1, 0.15) is 0 Å². The standard InChI is InChI=1S/C11H10N4O/c12-6-8-1-2-10(13)11(5-8)14-7-9-3-4-15-16-9/h1-5,14H,7,13H2. The maximum atomic E-state index is 8.76. The van der Waals surface area contributed by atoms with E-state index in [-0.39, 0.29) is 0 Å². The SMILES string of the molecule is N#Cc1ccc(N)c(NCc2ccno2)c1. The van der Waals surface area contributed by atoms with Gasteiger partial charge >= 0.3 is 0 Å². The summed E-state index contributed by atoms with van der Waals surface area (Å²) in [5.74, 6) is 0.710. The van der Waals surface area contributed by atoms with E-state index in [0.29, 0.717) is 23.6 Å². The summed E-state index contributed by atoms with van der Waals surface area (Å²) in [4.78, 5) is 0. The first kappa shape index (κ1) is 10.1. The van der Waals surface area contributed by atoms with Gasteiger partial charge in [-0.3, -0.25) is 0 Å². The van der Waals surface area contributed by atoms with Gasteiger partial charge in [0, 0.05) is 6.07 Å². The average molecular weight is 214 g/mol. The van der Waals surface area contributed by atoms with Crippen LogP contribution in [0.15, 0.2) is 35.0 Å². The largest absolute Gasteiger partial charge is 0.397 e. The van der Waals surface area contributed by atoms with Gasteiger partial charge in [0.2, 0.25) is 0 Å². The van der Waals surface area contributed by atoms with Crippen LogP contribution in [-0.4, -0.2) is 5.16 Å².